The van der Waals surface area contributed by atoms with Crippen LogP contribution in [0.3, 0.4) is 0 Å². The van der Waals surface area contributed by atoms with Gasteiger partial charge in [0.1, 0.15) is 0 Å². The van der Waals surface area contributed by atoms with Gasteiger partial charge in [-0.15, -0.1) is 0 Å². The van der Waals surface area contributed by atoms with Crippen molar-refractivity contribution in [3.8, 4) is 0 Å². The summed E-state index contributed by atoms with van der Waals surface area (Å²) in [5, 5.41) is 5.12. The molecule has 7 heteroatoms. The van der Waals surface area contributed by atoms with E-state index in [9.17, 15) is 14.4 Å². The lowest BCUT2D eigenvalue weighted by molar-refractivity contribution is -0.135. The van der Waals surface area contributed by atoms with Crippen molar-refractivity contribution in [2.75, 3.05) is 13.7 Å². The van der Waals surface area contributed by atoms with Gasteiger partial charge in [-0.2, -0.15) is 5.10 Å². The molecule has 4 aromatic rings. The predicted molar refractivity (Wildman–Crippen MR) is 137 cm³/mol. The fourth-order valence-electron chi connectivity index (χ4n) is 4.85. The first kappa shape index (κ1) is 23.5. The number of fused-ring (bicyclic) bond motifs is 2. The number of carbonyl (C=O) groups is 2. The molecule has 1 aliphatic carbocycles. The highest BCUT2D eigenvalue weighted by molar-refractivity contribution is 6.02. The molecule has 1 unspecified atom stereocenters. The fraction of sp³-hybridized carbons (Fsp3) is 0.241. The van der Waals surface area contributed by atoms with Crippen molar-refractivity contribution in [3.05, 3.63) is 112 Å². The molecular weight excluding hydrogens is 454 g/mol. The summed E-state index contributed by atoms with van der Waals surface area (Å²) < 4.78 is 6.70. The fourth-order valence-corrected chi connectivity index (χ4v) is 4.85. The molecule has 7 nitrogen and oxygen atoms in total. The number of aryl methyl sites for hydroxylation is 1. The standard InChI is InChI=1S/C29H27N3O4/c1-31(25-17-9-13-21-12-5-6-14-22(21)25)26(33)19-36-29(35)27-23-15-7-8-16-24(23)28(34)32(30-27)18-20-10-3-2-4-11-20/h2-8,10-12,14-16,25H,9,13,17-19H2,1H3. The second-order valence-corrected chi connectivity index (χ2v) is 9.03. The van der Waals surface area contributed by atoms with Crippen molar-refractivity contribution in [1.29, 1.82) is 0 Å². The summed E-state index contributed by atoms with van der Waals surface area (Å²) in [6.45, 7) is -0.185. The van der Waals surface area contributed by atoms with Crippen LogP contribution in [0.2, 0.25) is 0 Å². The lowest BCUT2D eigenvalue weighted by atomic mass is 9.87. The van der Waals surface area contributed by atoms with Gasteiger partial charge in [0.15, 0.2) is 12.3 Å². The van der Waals surface area contributed by atoms with Crippen LogP contribution >= 0.6 is 0 Å². The van der Waals surface area contributed by atoms with Gasteiger partial charge in [-0.05, 0) is 42.0 Å². The van der Waals surface area contributed by atoms with Crippen molar-refractivity contribution in [1.82, 2.24) is 14.7 Å². The molecule has 3 aromatic carbocycles. The van der Waals surface area contributed by atoms with E-state index in [1.807, 2.05) is 42.5 Å². The zero-order valence-corrected chi connectivity index (χ0v) is 20.1. The van der Waals surface area contributed by atoms with Crippen LogP contribution < -0.4 is 5.56 Å². The molecule has 1 atom stereocenters. The van der Waals surface area contributed by atoms with Crippen LogP contribution in [0.25, 0.3) is 10.8 Å². The Labute approximate surface area is 208 Å². The van der Waals surface area contributed by atoms with Gasteiger partial charge >= 0.3 is 5.97 Å². The van der Waals surface area contributed by atoms with E-state index in [1.165, 1.54) is 10.2 Å². The summed E-state index contributed by atoms with van der Waals surface area (Å²) in [5.41, 5.74) is 3.00. The van der Waals surface area contributed by atoms with Crippen molar-refractivity contribution in [3.63, 3.8) is 0 Å². The molecule has 0 radical (unpaired) electrons. The van der Waals surface area contributed by atoms with Gasteiger partial charge in [-0.1, -0.05) is 72.8 Å². The van der Waals surface area contributed by atoms with E-state index in [2.05, 4.69) is 17.2 Å². The maximum absolute atomic E-state index is 13.1. The maximum Gasteiger partial charge on any atom is 0.359 e. The number of carbonyl (C=O) groups excluding carboxylic acids is 2. The topological polar surface area (TPSA) is 81.5 Å². The minimum atomic E-state index is -0.737. The molecule has 0 fully saturated rings. The minimum absolute atomic E-state index is 0.0135. The van der Waals surface area contributed by atoms with Crippen LogP contribution in [-0.2, 0) is 22.5 Å². The Bertz CT molecular complexity index is 1480. The zero-order valence-electron chi connectivity index (χ0n) is 20.1. The molecule has 1 aromatic heterocycles. The number of aromatic nitrogens is 2. The van der Waals surface area contributed by atoms with Crippen molar-refractivity contribution < 1.29 is 14.3 Å². The summed E-state index contributed by atoms with van der Waals surface area (Å²) >= 11 is 0. The van der Waals surface area contributed by atoms with Gasteiger partial charge in [0.25, 0.3) is 11.5 Å². The third-order valence-electron chi connectivity index (χ3n) is 6.76. The highest BCUT2D eigenvalue weighted by Gasteiger charge is 2.27. The Morgan fingerprint density at radius 2 is 1.67 bits per heavy atom. The summed E-state index contributed by atoms with van der Waals surface area (Å²) in [7, 11) is 1.75. The Kier molecular flexibility index (Phi) is 6.62. The molecule has 182 valence electrons. The zero-order chi connectivity index (χ0) is 25.1. The lowest BCUT2D eigenvalue weighted by Gasteiger charge is -2.33. The number of nitrogens with zero attached hydrogens (tertiary/aromatic N) is 3. The number of benzene rings is 3. The molecule has 0 N–H and O–H groups in total. The summed E-state index contributed by atoms with van der Waals surface area (Å²) in [6.07, 6.45) is 2.86. The highest BCUT2D eigenvalue weighted by Crippen LogP contribution is 2.33. The Morgan fingerprint density at radius 1 is 0.972 bits per heavy atom. The normalized spacial score (nSPS) is 14.8. The maximum atomic E-state index is 13.1. The van der Waals surface area contributed by atoms with Gasteiger partial charge in [0, 0.05) is 12.4 Å². The van der Waals surface area contributed by atoms with Crippen molar-refractivity contribution >= 4 is 22.6 Å². The van der Waals surface area contributed by atoms with E-state index in [4.69, 9.17) is 4.74 Å². The Morgan fingerprint density at radius 3 is 2.47 bits per heavy atom. The summed E-state index contributed by atoms with van der Waals surface area (Å²) in [5.74, 6) is -1.02. The lowest BCUT2D eigenvalue weighted by Crippen LogP contribution is -2.36. The Hall–Kier alpha value is -4.26. The number of ether oxygens (including phenoxy) is 1. The third-order valence-corrected chi connectivity index (χ3v) is 6.76. The molecule has 0 saturated carbocycles. The van der Waals surface area contributed by atoms with Crippen molar-refractivity contribution in [2.24, 2.45) is 0 Å². The van der Waals surface area contributed by atoms with Crippen LogP contribution in [0.1, 0.15) is 46.1 Å². The van der Waals surface area contributed by atoms with E-state index in [1.54, 1.807) is 36.2 Å². The second kappa shape index (κ2) is 10.2. The molecule has 0 bridgehead atoms. The van der Waals surface area contributed by atoms with E-state index >= 15 is 0 Å². The average molecular weight is 482 g/mol. The van der Waals surface area contributed by atoms with E-state index in [-0.39, 0.29) is 29.7 Å². The first-order chi connectivity index (χ1) is 17.5. The molecule has 1 aliphatic rings. The van der Waals surface area contributed by atoms with Crippen LogP contribution in [-0.4, -0.2) is 40.2 Å². The average Bonchev–Trinajstić information content (AvgIpc) is 2.93. The monoisotopic (exact) mass is 481 g/mol. The van der Waals surface area contributed by atoms with Crippen LogP contribution in [0, 0.1) is 0 Å². The molecular formula is C29H27N3O4. The van der Waals surface area contributed by atoms with Crippen LogP contribution in [0.4, 0.5) is 0 Å². The number of hydrogen-bond donors (Lipinski definition) is 0. The summed E-state index contributed by atoms with van der Waals surface area (Å²) in [6, 6.07) is 24.3. The first-order valence-corrected chi connectivity index (χ1v) is 12.1. The molecule has 1 amide bonds. The first-order valence-electron chi connectivity index (χ1n) is 12.1. The molecule has 36 heavy (non-hydrogen) atoms. The molecule has 1 heterocycles. The second-order valence-electron chi connectivity index (χ2n) is 9.03. The number of amides is 1. The predicted octanol–water partition coefficient (Wildman–Crippen LogP) is 4.14. The summed E-state index contributed by atoms with van der Waals surface area (Å²) in [4.78, 5) is 40.8. The highest BCUT2D eigenvalue weighted by atomic mass is 16.5. The molecule has 0 spiro atoms. The SMILES string of the molecule is CN(C(=O)COC(=O)c1nn(Cc2ccccc2)c(=O)c2ccccc12)C1CCCc2ccccc21. The number of likely N-dealkylation sites (N-methyl/N-ethyl adjacent to an activating group) is 1. The number of hydrogen-bond acceptors (Lipinski definition) is 5. The van der Waals surface area contributed by atoms with Crippen LogP contribution in [0.15, 0.2) is 83.7 Å². The van der Waals surface area contributed by atoms with E-state index in [0.717, 1.165) is 30.4 Å². The smallest absolute Gasteiger partial charge is 0.359 e. The third kappa shape index (κ3) is 4.64. The van der Waals surface area contributed by atoms with Gasteiger partial charge in [0.05, 0.1) is 18.0 Å². The van der Waals surface area contributed by atoms with Gasteiger partial charge in [0.2, 0.25) is 0 Å². The van der Waals surface area contributed by atoms with Gasteiger partial charge < -0.3 is 9.64 Å². The van der Waals surface area contributed by atoms with Crippen LogP contribution in [0.5, 0.6) is 0 Å². The minimum Gasteiger partial charge on any atom is -0.451 e. The number of esters is 1. The molecule has 0 saturated heterocycles. The largest absolute Gasteiger partial charge is 0.451 e. The molecule has 0 aliphatic heterocycles. The molecule has 5 rings (SSSR count). The van der Waals surface area contributed by atoms with Gasteiger partial charge in [-0.3, -0.25) is 9.59 Å². The van der Waals surface area contributed by atoms with Crippen molar-refractivity contribution in [2.45, 2.75) is 31.8 Å². The number of rotatable bonds is 6. The van der Waals surface area contributed by atoms with E-state index < -0.39 is 12.6 Å². The van der Waals surface area contributed by atoms with E-state index in [0.29, 0.717) is 10.8 Å². The quantitative estimate of drug-likeness (QED) is 0.387. The Balaban J connectivity index is 1.36. The van der Waals surface area contributed by atoms with Gasteiger partial charge in [-0.25, -0.2) is 9.48 Å².